The van der Waals surface area contributed by atoms with E-state index in [4.69, 9.17) is 25.8 Å². The van der Waals surface area contributed by atoms with Crippen molar-refractivity contribution in [3.05, 3.63) is 58.1 Å². The summed E-state index contributed by atoms with van der Waals surface area (Å²) < 4.78 is 49.2. The number of carbonyl (C=O) groups is 1. The summed E-state index contributed by atoms with van der Waals surface area (Å²) in [6, 6.07) is 11.7. The summed E-state index contributed by atoms with van der Waals surface area (Å²) >= 11 is 6.47. The molecule has 4 aliphatic heterocycles. The van der Waals surface area contributed by atoms with Crippen molar-refractivity contribution in [3.8, 4) is 5.75 Å². The van der Waals surface area contributed by atoms with E-state index in [1.54, 1.807) is 13.0 Å². The van der Waals surface area contributed by atoms with Crippen molar-refractivity contribution in [2.24, 2.45) is 23.7 Å². The van der Waals surface area contributed by atoms with E-state index in [9.17, 15) is 13.2 Å². The molecule has 9 nitrogen and oxygen atoms in total. The number of sulfonamides is 1. The Morgan fingerprint density at radius 2 is 1.77 bits per heavy atom. The zero-order valence-electron chi connectivity index (χ0n) is 28.0. The molecule has 2 aromatic rings. The van der Waals surface area contributed by atoms with Gasteiger partial charge in [-0.25, -0.2) is 13.1 Å². The molecule has 2 bridgehead atoms. The van der Waals surface area contributed by atoms with Gasteiger partial charge in [-0.05, 0) is 111 Å². The number of benzene rings is 2. The molecule has 2 aromatic carbocycles. The molecule has 2 N–H and O–H groups in total. The number of nitrogens with one attached hydrogen (secondary N) is 2. The number of aryl methyl sites for hydroxylation is 1. The van der Waals surface area contributed by atoms with Crippen molar-refractivity contribution in [1.29, 1.82) is 0 Å². The van der Waals surface area contributed by atoms with Gasteiger partial charge in [0.25, 0.3) is 5.91 Å². The third-order valence-electron chi connectivity index (χ3n) is 12.6. The largest absolute Gasteiger partial charge is 0.490 e. The molecule has 3 fully saturated rings. The number of fused-ring (bicyclic) bond motifs is 5. The van der Waals surface area contributed by atoms with E-state index >= 15 is 0 Å². The molecule has 8 rings (SSSR count). The molecule has 4 heterocycles. The van der Waals surface area contributed by atoms with Gasteiger partial charge in [-0.15, -0.1) is 0 Å². The van der Waals surface area contributed by atoms with Gasteiger partial charge in [-0.3, -0.25) is 4.79 Å². The number of hydrogen-bond donors (Lipinski definition) is 2. The van der Waals surface area contributed by atoms with Crippen LogP contribution in [-0.4, -0.2) is 70.9 Å². The zero-order chi connectivity index (χ0) is 33.2. The molecule has 1 spiro atoms. The molecule has 1 saturated carbocycles. The Hall–Kier alpha value is -2.37. The van der Waals surface area contributed by atoms with Crippen LogP contribution < -0.4 is 19.7 Å². The van der Waals surface area contributed by atoms with Crippen LogP contribution in [0, 0.1) is 23.7 Å². The zero-order valence-corrected chi connectivity index (χ0v) is 29.5. The quantitative estimate of drug-likeness (QED) is 0.406. The van der Waals surface area contributed by atoms with Crippen LogP contribution in [0.2, 0.25) is 5.02 Å². The third kappa shape index (κ3) is 5.93. The van der Waals surface area contributed by atoms with Crippen LogP contribution in [0.1, 0.15) is 80.3 Å². The second-order valence-electron chi connectivity index (χ2n) is 15.4. The summed E-state index contributed by atoms with van der Waals surface area (Å²) in [5, 5.41) is 3.43. The van der Waals surface area contributed by atoms with Gasteiger partial charge >= 0.3 is 0 Å². The molecule has 1 amide bonds. The van der Waals surface area contributed by atoms with Crippen LogP contribution in [0.25, 0.3) is 0 Å². The predicted octanol–water partition coefficient (Wildman–Crippen LogP) is 5.44. The van der Waals surface area contributed by atoms with Crippen LogP contribution >= 0.6 is 11.6 Å². The highest BCUT2D eigenvalue weighted by atomic mass is 35.5. The van der Waals surface area contributed by atoms with E-state index in [2.05, 4.69) is 27.1 Å². The fourth-order valence-electron chi connectivity index (χ4n) is 9.45. The Kier molecular flexibility index (Phi) is 8.72. The summed E-state index contributed by atoms with van der Waals surface area (Å²) in [5.74, 6) is 1.11. The van der Waals surface area contributed by atoms with Gasteiger partial charge in [0.15, 0.2) is 6.29 Å². The lowest BCUT2D eigenvalue weighted by Crippen LogP contribution is -2.50. The normalized spacial score (nSPS) is 37.7. The second-order valence-corrected chi connectivity index (χ2v) is 17.9. The van der Waals surface area contributed by atoms with Gasteiger partial charge in [0, 0.05) is 48.1 Å². The molecule has 260 valence electrons. The number of ether oxygens (including phenoxy) is 3. The minimum atomic E-state index is -3.90. The van der Waals surface area contributed by atoms with E-state index in [0.29, 0.717) is 24.0 Å². The molecule has 9 atom stereocenters. The molecular formula is C37H48ClN3O6S. The average Bonchev–Trinajstić information content (AvgIpc) is 3.62. The van der Waals surface area contributed by atoms with Crippen LogP contribution in [0.5, 0.6) is 5.75 Å². The Bertz CT molecular complexity index is 1660. The number of anilines is 1. The monoisotopic (exact) mass is 697 g/mol. The molecule has 6 aliphatic rings. The van der Waals surface area contributed by atoms with E-state index < -0.39 is 21.2 Å². The first kappa shape index (κ1) is 32.8. The van der Waals surface area contributed by atoms with Gasteiger partial charge in [0.05, 0.1) is 17.5 Å². The smallest absolute Gasteiger partial charge is 0.264 e. The first-order chi connectivity index (χ1) is 23.1. The Labute approximate surface area is 289 Å². The van der Waals surface area contributed by atoms with Crippen molar-refractivity contribution >= 4 is 33.2 Å². The van der Waals surface area contributed by atoms with Gasteiger partial charge in [-0.2, -0.15) is 0 Å². The van der Waals surface area contributed by atoms with Crippen molar-refractivity contribution in [2.45, 2.75) is 94.4 Å². The summed E-state index contributed by atoms with van der Waals surface area (Å²) in [5.41, 5.74) is 3.50. The Morgan fingerprint density at radius 3 is 2.54 bits per heavy atom. The predicted molar refractivity (Wildman–Crippen MR) is 185 cm³/mol. The van der Waals surface area contributed by atoms with Crippen molar-refractivity contribution in [2.75, 3.05) is 37.7 Å². The first-order valence-corrected chi connectivity index (χ1v) is 19.9. The van der Waals surface area contributed by atoms with Gasteiger partial charge in [-0.1, -0.05) is 31.0 Å². The number of rotatable bonds is 1. The standard InChI is InChI=1S/C37H48ClN3O6S/c1-22-5-3-7-29(36-46-33-17-39-18-34(33)47-36)28-11-8-26(28)19-41-20-37(14-4-6-24-15-27(38)10-12-30(24)37)21-45-32-13-9-25(16-31(32)41)35(42)40-48(43,44)23(22)2/h9-10,12-13,15-16,22-23,26,28-29,33-34,36,39H,3-8,11,14,17-21H2,1-2H3,(H,40,42)/t22-,23+,26-,28+,29-,33-,34+,36-,37-/m0/s1. The molecule has 48 heavy (non-hydrogen) atoms. The van der Waals surface area contributed by atoms with Crippen LogP contribution in [-0.2, 0) is 31.3 Å². The maximum absolute atomic E-state index is 13.5. The minimum Gasteiger partial charge on any atom is -0.490 e. The Balaban J connectivity index is 1.18. The maximum atomic E-state index is 13.5. The highest BCUT2D eigenvalue weighted by Gasteiger charge is 2.49. The summed E-state index contributed by atoms with van der Waals surface area (Å²) in [6.45, 7) is 7.41. The minimum absolute atomic E-state index is 0.0920. The molecule has 2 aliphatic carbocycles. The highest BCUT2D eigenvalue weighted by Crippen LogP contribution is 2.49. The number of halogens is 1. The Morgan fingerprint density at radius 1 is 0.958 bits per heavy atom. The average molecular weight is 698 g/mol. The van der Waals surface area contributed by atoms with Gasteiger partial charge < -0.3 is 24.4 Å². The first-order valence-electron chi connectivity index (χ1n) is 18.0. The number of hydrogen-bond acceptors (Lipinski definition) is 8. The third-order valence-corrected chi connectivity index (χ3v) is 14.7. The lowest BCUT2D eigenvalue weighted by atomic mass is 9.64. The molecule has 0 aromatic heterocycles. The van der Waals surface area contributed by atoms with E-state index in [1.807, 2.05) is 25.1 Å². The molecule has 0 unspecified atom stereocenters. The molecule has 2 saturated heterocycles. The van der Waals surface area contributed by atoms with Gasteiger partial charge in [0.2, 0.25) is 10.0 Å². The van der Waals surface area contributed by atoms with Crippen LogP contribution in [0.15, 0.2) is 36.4 Å². The summed E-state index contributed by atoms with van der Waals surface area (Å²) in [6.07, 6.45) is 7.77. The van der Waals surface area contributed by atoms with E-state index in [0.717, 1.165) is 94.0 Å². The fraction of sp³-hybridized carbons (Fsp3) is 0.649. The van der Waals surface area contributed by atoms with E-state index in [1.165, 1.54) is 11.1 Å². The highest BCUT2D eigenvalue weighted by molar-refractivity contribution is 7.90. The van der Waals surface area contributed by atoms with Gasteiger partial charge in [0.1, 0.15) is 18.0 Å². The summed E-state index contributed by atoms with van der Waals surface area (Å²) in [4.78, 5) is 16.0. The lowest BCUT2D eigenvalue weighted by Gasteiger charge is -2.47. The lowest BCUT2D eigenvalue weighted by molar-refractivity contribution is -0.141. The maximum Gasteiger partial charge on any atom is 0.264 e. The summed E-state index contributed by atoms with van der Waals surface area (Å²) in [7, 11) is -3.90. The molecular weight excluding hydrogens is 650 g/mol. The molecule has 0 radical (unpaired) electrons. The second kappa shape index (κ2) is 12.7. The molecule has 11 heteroatoms. The van der Waals surface area contributed by atoms with Crippen molar-refractivity contribution < 1.29 is 27.4 Å². The fourth-order valence-corrected chi connectivity index (χ4v) is 11.0. The number of amides is 1. The van der Waals surface area contributed by atoms with Crippen molar-refractivity contribution in [1.82, 2.24) is 10.0 Å². The number of nitrogens with zero attached hydrogens (tertiary/aromatic N) is 1. The topological polar surface area (TPSA) is 106 Å². The van der Waals surface area contributed by atoms with E-state index in [-0.39, 0.29) is 35.7 Å². The SMILES string of the molecule is C[C@@H]1[C@@H](C)CCC[C@H]([C@H]2O[C@H]3CNC[C@H]3O2)[C@@H]2CC[C@H]2CN2C[C@@]3(CCCc4cc(Cl)ccc43)COc3ccc(cc32)C(=O)NS1(=O)=O. The number of carbonyl (C=O) groups excluding carboxylic acids is 1. The van der Waals surface area contributed by atoms with Crippen LogP contribution in [0.4, 0.5) is 5.69 Å². The van der Waals surface area contributed by atoms with Crippen molar-refractivity contribution in [3.63, 3.8) is 0 Å². The van der Waals surface area contributed by atoms with Crippen LogP contribution in [0.3, 0.4) is 0 Å².